The number of ether oxygens (including phenoxy) is 4. The predicted molar refractivity (Wildman–Crippen MR) is 203 cm³/mol. The van der Waals surface area contributed by atoms with Crippen LogP contribution >= 0.6 is 46.4 Å². The summed E-state index contributed by atoms with van der Waals surface area (Å²) in [5.74, 6) is 0.311. The molecule has 0 spiro atoms. The van der Waals surface area contributed by atoms with Gasteiger partial charge in [0, 0.05) is 34.9 Å². The minimum atomic E-state index is -1.02. The topological polar surface area (TPSA) is 136 Å². The summed E-state index contributed by atoms with van der Waals surface area (Å²) in [5.41, 5.74) is 2.20. The molecular formula is C36H35Cl4N7O6. The van der Waals surface area contributed by atoms with Crippen molar-refractivity contribution in [2.75, 3.05) is 27.4 Å². The summed E-state index contributed by atoms with van der Waals surface area (Å²) in [6.45, 7) is 4.71. The lowest BCUT2D eigenvalue weighted by molar-refractivity contribution is -0.186. The van der Waals surface area contributed by atoms with Gasteiger partial charge < -0.3 is 29.1 Å². The molecule has 1 fully saturated rings. The SMILES string of the molecule is CC1COC(Cn2cncn2)(c2ccc(Oc3ccc(Cl)cc3)cc2Cl)O1.CNC(=O)C(=N/OC)/C(C)=C/COc1ccn(-c2ccc(Cl)cc2Cl)n1. The maximum atomic E-state index is 11.8. The quantitative estimate of drug-likeness (QED) is 0.0986. The van der Waals surface area contributed by atoms with E-state index in [2.05, 4.69) is 25.7 Å². The van der Waals surface area contributed by atoms with Gasteiger partial charge in [-0.3, -0.25) is 4.79 Å². The lowest BCUT2D eigenvalue weighted by atomic mass is 10.1. The molecular weight excluding hydrogens is 768 g/mol. The number of nitrogens with one attached hydrogen (secondary N) is 1. The van der Waals surface area contributed by atoms with E-state index in [9.17, 15) is 4.79 Å². The van der Waals surface area contributed by atoms with Crippen molar-refractivity contribution in [2.24, 2.45) is 5.16 Å². The summed E-state index contributed by atoms with van der Waals surface area (Å²) >= 11 is 24.5. The Morgan fingerprint density at radius 3 is 2.43 bits per heavy atom. The van der Waals surface area contributed by atoms with Gasteiger partial charge in [0.2, 0.25) is 11.7 Å². The minimum absolute atomic E-state index is 0.0606. The van der Waals surface area contributed by atoms with Crippen LogP contribution in [0.25, 0.3) is 5.69 Å². The largest absolute Gasteiger partial charge is 0.472 e. The summed E-state index contributed by atoms with van der Waals surface area (Å²) < 4.78 is 26.8. The van der Waals surface area contributed by atoms with E-state index in [0.717, 1.165) is 0 Å². The zero-order valence-electron chi connectivity index (χ0n) is 29.0. The van der Waals surface area contributed by atoms with Gasteiger partial charge in [-0.1, -0.05) is 51.6 Å². The highest BCUT2D eigenvalue weighted by Gasteiger charge is 2.44. The fourth-order valence-corrected chi connectivity index (χ4v) is 5.96. The third kappa shape index (κ3) is 10.5. The molecule has 0 radical (unpaired) electrons. The van der Waals surface area contributed by atoms with E-state index in [4.69, 9.17) is 70.2 Å². The Morgan fingerprint density at radius 1 is 1.04 bits per heavy atom. The second kappa shape index (κ2) is 18.4. The summed E-state index contributed by atoms with van der Waals surface area (Å²) in [7, 11) is 2.90. The number of hydrogen-bond donors (Lipinski definition) is 1. The zero-order valence-corrected chi connectivity index (χ0v) is 32.0. The molecule has 3 heterocycles. The van der Waals surface area contributed by atoms with E-state index in [1.165, 1.54) is 20.5 Å². The van der Waals surface area contributed by atoms with Crippen molar-refractivity contribution in [3.05, 3.63) is 123 Å². The molecule has 0 saturated carbocycles. The molecule has 13 nitrogen and oxygen atoms in total. The van der Waals surface area contributed by atoms with E-state index in [0.29, 0.717) is 67.4 Å². The maximum absolute atomic E-state index is 11.8. The lowest BCUT2D eigenvalue weighted by Crippen LogP contribution is -2.34. The van der Waals surface area contributed by atoms with Crippen LogP contribution in [0.2, 0.25) is 20.1 Å². The molecule has 3 aromatic carbocycles. The molecule has 2 aromatic heterocycles. The van der Waals surface area contributed by atoms with Crippen molar-refractivity contribution < 1.29 is 28.6 Å². The van der Waals surface area contributed by atoms with E-state index in [1.807, 2.05) is 19.1 Å². The van der Waals surface area contributed by atoms with Crippen molar-refractivity contribution in [1.29, 1.82) is 0 Å². The maximum Gasteiger partial charge on any atom is 0.273 e. The third-order valence-corrected chi connectivity index (χ3v) is 8.62. The highest BCUT2D eigenvalue weighted by atomic mass is 35.5. The fraction of sp³-hybridized carbons (Fsp3) is 0.250. The van der Waals surface area contributed by atoms with E-state index < -0.39 is 5.79 Å². The number of aromatic nitrogens is 5. The van der Waals surface area contributed by atoms with Gasteiger partial charge in [0.25, 0.3) is 5.91 Å². The van der Waals surface area contributed by atoms with Crippen LogP contribution in [0.5, 0.6) is 17.4 Å². The molecule has 2 atom stereocenters. The van der Waals surface area contributed by atoms with E-state index >= 15 is 0 Å². The van der Waals surface area contributed by atoms with Crippen molar-refractivity contribution in [1.82, 2.24) is 29.9 Å². The second-order valence-corrected chi connectivity index (χ2v) is 13.1. The molecule has 17 heteroatoms. The summed E-state index contributed by atoms with van der Waals surface area (Å²) in [6.07, 6.45) is 6.46. The van der Waals surface area contributed by atoms with Gasteiger partial charge in [0.05, 0.1) is 28.4 Å². The summed E-state index contributed by atoms with van der Waals surface area (Å²) in [5, 5.41) is 16.8. The van der Waals surface area contributed by atoms with Crippen LogP contribution in [0.3, 0.4) is 0 Å². The predicted octanol–water partition coefficient (Wildman–Crippen LogP) is 7.92. The normalized spacial score (nSPS) is 17.2. The fourth-order valence-electron chi connectivity index (χ4n) is 5.03. The van der Waals surface area contributed by atoms with Crippen LogP contribution in [0.4, 0.5) is 0 Å². The van der Waals surface area contributed by atoms with Gasteiger partial charge >= 0.3 is 0 Å². The summed E-state index contributed by atoms with van der Waals surface area (Å²) in [4.78, 5) is 20.4. The van der Waals surface area contributed by atoms with Gasteiger partial charge in [0.15, 0.2) is 5.71 Å². The molecule has 278 valence electrons. The highest BCUT2D eigenvalue weighted by Crippen LogP contribution is 2.41. The van der Waals surface area contributed by atoms with Crippen molar-refractivity contribution >= 4 is 58.0 Å². The molecule has 53 heavy (non-hydrogen) atoms. The van der Waals surface area contributed by atoms with Crippen molar-refractivity contribution in [3.63, 3.8) is 0 Å². The standard InChI is InChI=1S/C19H17Cl2N3O3.C17H18Cl2N4O3/c1-13-9-25-19(27-13,10-24-12-22-11-23-24)17-7-6-16(8-18(17)21)26-15-4-2-14(20)3-5-15;1-11(16(22-25-3)17(24)20-2)7-9-26-15-6-8-23(21-15)14-5-4-12(18)10-13(14)19/h2-8,11-13H,9-10H2,1H3;4-8,10H,9H2,1-3H3,(H,20,24)/b;11-7+,22-16+. The van der Waals surface area contributed by atoms with Gasteiger partial charge in [-0.2, -0.15) is 5.10 Å². The molecule has 6 rings (SSSR count). The molecule has 1 amide bonds. The third-order valence-electron chi connectivity index (χ3n) is 7.52. The molecule has 5 aromatic rings. The first-order valence-electron chi connectivity index (χ1n) is 16.0. The number of carbonyl (C=O) groups excluding carboxylic acids is 1. The van der Waals surface area contributed by atoms with E-state index in [1.54, 1.807) is 89.5 Å². The minimum Gasteiger partial charge on any atom is -0.472 e. The van der Waals surface area contributed by atoms with Crippen LogP contribution in [-0.4, -0.2) is 69.6 Å². The van der Waals surface area contributed by atoms with Crippen LogP contribution in [-0.2, 0) is 31.4 Å². The highest BCUT2D eigenvalue weighted by molar-refractivity contribution is 6.45. The number of oxime groups is 1. The molecule has 2 unspecified atom stereocenters. The molecule has 1 aliphatic rings. The molecule has 0 bridgehead atoms. The van der Waals surface area contributed by atoms with Gasteiger partial charge in [-0.25, -0.2) is 14.3 Å². The Morgan fingerprint density at radius 2 is 1.79 bits per heavy atom. The monoisotopic (exact) mass is 801 g/mol. The first kappa shape index (κ1) is 39.6. The second-order valence-electron chi connectivity index (χ2n) is 11.4. The number of nitrogens with zero attached hydrogens (tertiary/aromatic N) is 6. The molecule has 1 saturated heterocycles. The smallest absolute Gasteiger partial charge is 0.273 e. The van der Waals surface area contributed by atoms with Crippen molar-refractivity contribution in [2.45, 2.75) is 32.3 Å². The number of amides is 1. The van der Waals surface area contributed by atoms with Gasteiger partial charge in [0.1, 0.15) is 44.4 Å². The Hall–Kier alpha value is -4.63. The van der Waals surface area contributed by atoms with Crippen LogP contribution in [0.15, 0.2) is 102 Å². The molecule has 1 aliphatic heterocycles. The average Bonchev–Trinajstić information content (AvgIpc) is 3.91. The average molecular weight is 804 g/mol. The van der Waals surface area contributed by atoms with E-state index in [-0.39, 0.29) is 24.3 Å². The first-order valence-corrected chi connectivity index (χ1v) is 17.5. The van der Waals surface area contributed by atoms with Crippen LogP contribution < -0.4 is 14.8 Å². The Balaban J connectivity index is 0.000000205. The Labute approximate surface area is 325 Å². The number of hydrogen-bond acceptors (Lipinski definition) is 10. The summed E-state index contributed by atoms with van der Waals surface area (Å²) in [6, 6.07) is 19.4. The number of carbonyl (C=O) groups is 1. The number of halogens is 4. The van der Waals surface area contributed by atoms with Crippen LogP contribution in [0.1, 0.15) is 19.4 Å². The Bertz CT molecular complexity index is 2060. The lowest BCUT2D eigenvalue weighted by Gasteiger charge is -2.29. The first-order chi connectivity index (χ1) is 25.5. The van der Waals surface area contributed by atoms with Crippen molar-refractivity contribution in [3.8, 4) is 23.1 Å². The van der Waals surface area contributed by atoms with Gasteiger partial charge in [-0.05, 0) is 86.2 Å². The molecule has 1 N–H and O–H groups in total. The Kier molecular flexibility index (Phi) is 13.8. The van der Waals surface area contributed by atoms with Gasteiger partial charge in [-0.15, -0.1) is 5.10 Å². The zero-order chi connectivity index (χ0) is 38.0. The number of rotatable bonds is 12. The van der Waals surface area contributed by atoms with Crippen LogP contribution in [0, 0.1) is 0 Å². The number of benzene rings is 3. The molecule has 0 aliphatic carbocycles.